The fraction of sp³-hybridized carbons (Fsp3) is 0.0476. The summed E-state index contributed by atoms with van der Waals surface area (Å²) in [7, 11) is 0. The molecule has 0 aliphatic rings. The Morgan fingerprint density at radius 1 is 1.14 bits per heavy atom. The van der Waals surface area contributed by atoms with Gasteiger partial charge in [0, 0.05) is 36.0 Å². The van der Waals surface area contributed by atoms with Crippen LogP contribution >= 0.6 is 0 Å². The van der Waals surface area contributed by atoms with Gasteiger partial charge in [-0.25, -0.2) is 9.37 Å². The fourth-order valence-corrected chi connectivity index (χ4v) is 3.17. The summed E-state index contributed by atoms with van der Waals surface area (Å²) in [6, 6.07) is 13.7. The van der Waals surface area contributed by atoms with E-state index in [1.807, 2.05) is 12.1 Å². The van der Waals surface area contributed by atoms with Gasteiger partial charge in [0.15, 0.2) is 0 Å². The van der Waals surface area contributed by atoms with E-state index in [0.29, 0.717) is 12.0 Å². The van der Waals surface area contributed by atoms with Crippen LogP contribution in [0, 0.1) is 15.9 Å². The van der Waals surface area contributed by atoms with Gasteiger partial charge in [0.1, 0.15) is 17.0 Å². The molecule has 0 radical (unpaired) electrons. The smallest absolute Gasteiger partial charge is 0.282 e. The molecular weight excluding hydrogens is 375 g/mol. The number of amides is 1. The number of aromatic nitrogens is 2. The van der Waals surface area contributed by atoms with Crippen molar-refractivity contribution in [1.82, 2.24) is 9.97 Å². The van der Waals surface area contributed by atoms with Gasteiger partial charge in [-0.15, -0.1) is 0 Å². The van der Waals surface area contributed by atoms with Gasteiger partial charge < -0.3 is 10.3 Å². The first kappa shape index (κ1) is 18.3. The van der Waals surface area contributed by atoms with Crippen molar-refractivity contribution in [3.8, 4) is 0 Å². The van der Waals surface area contributed by atoms with Gasteiger partial charge >= 0.3 is 0 Å². The summed E-state index contributed by atoms with van der Waals surface area (Å²) >= 11 is 0. The summed E-state index contributed by atoms with van der Waals surface area (Å²) in [6.07, 6.45) is 3.80. The van der Waals surface area contributed by atoms with E-state index in [4.69, 9.17) is 0 Å². The van der Waals surface area contributed by atoms with E-state index in [-0.39, 0.29) is 16.9 Å². The molecule has 4 aromatic rings. The Morgan fingerprint density at radius 3 is 2.76 bits per heavy atom. The lowest BCUT2D eigenvalue weighted by Gasteiger charge is -2.09. The predicted molar refractivity (Wildman–Crippen MR) is 106 cm³/mol. The Morgan fingerprint density at radius 2 is 1.97 bits per heavy atom. The molecule has 2 aromatic carbocycles. The number of nitro groups is 1. The number of fused-ring (bicyclic) bond motifs is 1. The van der Waals surface area contributed by atoms with Crippen LogP contribution in [-0.4, -0.2) is 20.8 Å². The third-order valence-corrected chi connectivity index (χ3v) is 4.59. The van der Waals surface area contributed by atoms with Crippen molar-refractivity contribution >= 4 is 28.3 Å². The summed E-state index contributed by atoms with van der Waals surface area (Å²) in [5.41, 5.74) is 1.94. The molecule has 0 aliphatic carbocycles. The van der Waals surface area contributed by atoms with Crippen LogP contribution in [0.5, 0.6) is 0 Å². The minimum atomic E-state index is -0.674. The van der Waals surface area contributed by atoms with Crippen LogP contribution in [0.25, 0.3) is 11.0 Å². The van der Waals surface area contributed by atoms with Crippen LogP contribution in [0.4, 0.5) is 15.8 Å². The quantitative estimate of drug-likeness (QED) is 0.388. The van der Waals surface area contributed by atoms with Crippen molar-refractivity contribution < 1.29 is 14.1 Å². The number of nitrogens with one attached hydrogen (secondary N) is 2. The zero-order valence-electron chi connectivity index (χ0n) is 15.1. The van der Waals surface area contributed by atoms with E-state index in [2.05, 4.69) is 15.3 Å². The van der Waals surface area contributed by atoms with E-state index in [9.17, 15) is 19.3 Å². The monoisotopic (exact) mass is 390 g/mol. The molecule has 0 fully saturated rings. The summed E-state index contributed by atoms with van der Waals surface area (Å²) in [4.78, 5) is 30.1. The van der Waals surface area contributed by atoms with Gasteiger partial charge in [-0.2, -0.15) is 0 Å². The summed E-state index contributed by atoms with van der Waals surface area (Å²) in [5, 5.41) is 14.5. The topological polar surface area (TPSA) is 101 Å². The van der Waals surface area contributed by atoms with E-state index in [1.165, 1.54) is 30.3 Å². The summed E-state index contributed by atoms with van der Waals surface area (Å²) in [5.74, 6) is -1.15. The number of aromatic amines is 1. The van der Waals surface area contributed by atoms with Crippen molar-refractivity contribution in [2.24, 2.45) is 0 Å². The number of hydrogen-bond donors (Lipinski definition) is 2. The molecule has 0 saturated carbocycles. The number of carbonyl (C=O) groups excluding carboxylic acids is 1. The summed E-state index contributed by atoms with van der Waals surface area (Å²) in [6.45, 7) is 0. The highest BCUT2D eigenvalue weighted by Gasteiger charge is 2.19. The molecule has 0 saturated heterocycles. The zero-order chi connectivity index (χ0) is 20.4. The Kier molecular flexibility index (Phi) is 4.74. The number of para-hydroxylation sites is 1. The third-order valence-electron chi connectivity index (χ3n) is 4.59. The molecule has 144 valence electrons. The van der Waals surface area contributed by atoms with Gasteiger partial charge in [-0.1, -0.05) is 18.2 Å². The average molecular weight is 390 g/mol. The number of carbonyl (C=O) groups is 1. The number of nitrogens with zero attached hydrogens (tertiary/aromatic N) is 2. The molecule has 4 rings (SSSR count). The first-order valence-corrected chi connectivity index (χ1v) is 8.77. The van der Waals surface area contributed by atoms with E-state index in [1.54, 1.807) is 24.5 Å². The highest BCUT2D eigenvalue weighted by Crippen LogP contribution is 2.24. The second-order valence-corrected chi connectivity index (χ2v) is 6.42. The molecule has 8 heteroatoms. The van der Waals surface area contributed by atoms with Gasteiger partial charge in [-0.3, -0.25) is 14.9 Å². The second-order valence-electron chi connectivity index (χ2n) is 6.42. The van der Waals surface area contributed by atoms with Crippen molar-refractivity contribution in [3.63, 3.8) is 0 Å². The average Bonchev–Trinajstić information content (AvgIpc) is 3.20. The van der Waals surface area contributed by atoms with Crippen LogP contribution in [0.3, 0.4) is 0 Å². The maximum absolute atomic E-state index is 14.6. The zero-order valence-corrected chi connectivity index (χ0v) is 15.1. The standard InChI is InChI=1S/C21H15FN4O3/c22-18-12-15(25-21(27)17-3-1-2-4-19(17)26(28)29)6-5-14(18)11-13-7-9-23-20-16(13)8-10-24-20/h1-10,12H,11H2,(H,23,24)(H,25,27). The van der Waals surface area contributed by atoms with Crippen molar-refractivity contribution in [1.29, 1.82) is 0 Å². The lowest BCUT2D eigenvalue weighted by atomic mass is 10.0. The number of H-pyrrole nitrogens is 1. The van der Waals surface area contributed by atoms with Crippen LogP contribution < -0.4 is 5.32 Å². The first-order chi connectivity index (χ1) is 14.0. The third kappa shape index (κ3) is 3.68. The highest BCUT2D eigenvalue weighted by molar-refractivity contribution is 6.07. The van der Waals surface area contributed by atoms with Gasteiger partial charge in [-0.05, 0) is 41.5 Å². The largest absolute Gasteiger partial charge is 0.346 e. The molecule has 0 bridgehead atoms. The molecule has 0 spiro atoms. The van der Waals surface area contributed by atoms with Gasteiger partial charge in [0.25, 0.3) is 11.6 Å². The molecule has 0 unspecified atom stereocenters. The first-order valence-electron chi connectivity index (χ1n) is 8.77. The summed E-state index contributed by atoms with van der Waals surface area (Å²) < 4.78 is 14.6. The number of rotatable bonds is 5. The highest BCUT2D eigenvalue weighted by atomic mass is 19.1. The van der Waals surface area contributed by atoms with Gasteiger partial charge in [0.2, 0.25) is 0 Å². The molecular formula is C21H15FN4O3. The minimum absolute atomic E-state index is 0.0892. The number of anilines is 1. The number of pyridine rings is 1. The molecule has 29 heavy (non-hydrogen) atoms. The predicted octanol–water partition coefficient (Wildman–Crippen LogP) is 4.45. The Balaban J connectivity index is 1.56. The number of halogens is 1. The lowest BCUT2D eigenvalue weighted by molar-refractivity contribution is -0.385. The van der Waals surface area contributed by atoms with E-state index < -0.39 is 16.6 Å². The Hall–Kier alpha value is -4.07. The Bertz CT molecular complexity index is 1240. The van der Waals surface area contributed by atoms with Gasteiger partial charge in [0.05, 0.1) is 4.92 Å². The van der Waals surface area contributed by atoms with Crippen molar-refractivity contribution in [2.75, 3.05) is 5.32 Å². The van der Waals surface area contributed by atoms with E-state index in [0.717, 1.165) is 16.6 Å². The minimum Gasteiger partial charge on any atom is -0.346 e. The number of benzene rings is 2. The molecule has 0 aliphatic heterocycles. The Labute approximate surface area is 164 Å². The number of nitro benzene ring substituents is 1. The SMILES string of the molecule is O=C(Nc1ccc(Cc2ccnc3[nH]ccc23)c(F)c1)c1ccccc1[N+](=O)[O-]. The van der Waals surface area contributed by atoms with Crippen LogP contribution in [0.2, 0.25) is 0 Å². The van der Waals surface area contributed by atoms with Crippen molar-refractivity contribution in [2.45, 2.75) is 6.42 Å². The second kappa shape index (κ2) is 7.51. The molecule has 2 heterocycles. The lowest BCUT2D eigenvalue weighted by Crippen LogP contribution is -2.14. The molecule has 2 N–H and O–H groups in total. The maximum atomic E-state index is 14.6. The van der Waals surface area contributed by atoms with Crippen LogP contribution in [-0.2, 0) is 6.42 Å². The molecule has 0 atom stereocenters. The van der Waals surface area contributed by atoms with Crippen molar-refractivity contribution in [3.05, 3.63) is 99.6 Å². The normalized spacial score (nSPS) is 10.8. The molecule has 7 nitrogen and oxygen atoms in total. The molecule has 1 amide bonds. The molecule has 2 aromatic heterocycles. The van der Waals surface area contributed by atoms with Crippen LogP contribution in [0.15, 0.2) is 67.0 Å². The van der Waals surface area contributed by atoms with Crippen LogP contribution in [0.1, 0.15) is 21.5 Å². The maximum Gasteiger partial charge on any atom is 0.282 e. The fourth-order valence-electron chi connectivity index (χ4n) is 3.17. The van der Waals surface area contributed by atoms with E-state index >= 15 is 0 Å². The number of hydrogen-bond acceptors (Lipinski definition) is 4.